The molecule has 0 radical (unpaired) electrons. The van der Waals surface area contributed by atoms with Gasteiger partial charge in [-0.25, -0.2) is 0 Å². The van der Waals surface area contributed by atoms with Gasteiger partial charge in [0.05, 0.1) is 0 Å². The van der Waals surface area contributed by atoms with Crippen LogP contribution in [0, 0.1) is 6.92 Å². The summed E-state index contributed by atoms with van der Waals surface area (Å²) in [6.45, 7) is 14.6. The van der Waals surface area contributed by atoms with E-state index in [-0.39, 0.29) is 0 Å². The van der Waals surface area contributed by atoms with Crippen LogP contribution in [0.3, 0.4) is 0 Å². The van der Waals surface area contributed by atoms with Crippen LogP contribution in [0.4, 0.5) is 0 Å². The number of fused-ring (bicyclic) bond motifs is 2. The summed E-state index contributed by atoms with van der Waals surface area (Å²) in [5, 5.41) is 4.75. The fourth-order valence-electron chi connectivity index (χ4n) is 5.80. The maximum Gasteiger partial charge on any atom is 0.0390 e. The highest BCUT2D eigenvalue weighted by Gasteiger charge is 2.20. The zero-order valence-electron chi connectivity index (χ0n) is 25.2. The van der Waals surface area contributed by atoms with Gasteiger partial charge >= 0.3 is 0 Å². The van der Waals surface area contributed by atoms with E-state index >= 15 is 0 Å². The second-order valence-electron chi connectivity index (χ2n) is 10.7. The van der Waals surface area contributed by atoms with Crippen molar-refractivity contribution in [1.82, 2.24) is 0 Å². The second-order valence-corrected chi connectivity index (χ2v) is 10.7. The molecule has 2 heteroatoms. The Morgan fingerprint density at radius 2 is 1.35 bits per heavy atom. The molecule has 5 aromatic carbocycles. The third-order valence-electron chi connectivity index (χ3n) is 8.09. The summed E-state index contributed by atoms with van der Waals surface area (Å²) in [6, 6.07) is 30.0. The van der Waals surface area contributed by atoms with E-state index in [0.717, 1.165) is 55.5 Å². The van der Waals surface area contributed by atoms with Crippen LogP contribution in [-0.2, 0) is 0 Å². The highest BCUT2D eigenvalue weighted by atomic mass is 14.6. The van der Waals surface area contributed by atoms with E-state index in [0.29, 0.717) is 11.4 Å². The van der Waals surface area contributed by atoms with Gasteiger partial charge in [0.1, 0.15) is 0 Å². The molecular formula is C41H38N2. The maximum absolute atomic E-state index is 6.68. The summed E-state index contributed by atoms with van der Waals surface area (Å²) in [4.78, 5) is 0. The summed E-state index contributed by atoms with van der Waals surface area (Å²) in [6.07, 6.45) is 13.6. The molecule has 0 aliphatic rings. The van der Waals surface area contributed by atoms with Crippen molar-refractivity contribution in [3.63, 3.8) is 0 Å². The molecule has 0 atom stereocenters. The molecule has 0 saturated carbocycles. The predicted molar refractivity (Wildman–Crippen MR) is 190 cm³/mol. The van der Waals surface area contributed by atoms with E-state index in [1.54, 1.807) is 0 Å². The van der Waals surface area contributed by atoms with Crippen molar-refractivity contribution in [2.45, 2.75) is 20.8 Å². The Morgan fingerprint density at radius 1 is 0.698 bits per heavy atom. The molecule has 0 amide bonds. The molecule has 0 aliphatic carbocycles. The average Bonchev–Trinajstić information content (AvgIpc) is 3.04. The van der Waals surface area contributed by atoms with E-state index in [9.17, 15) is 0 Å². The molecule has 0 saturated heterocycles. The van der Waals surface area contributed by atoms with E-state index in [1.165, 1.54) is 16.2 Å². The van der Waals surface area contributed by atoms with Crippen molar-refractivity contribution in [1.29, 1.82) is 0 Å². The van der Waals surface area contributed by atoms with Crippen LogP contribution in [0.5, 0.6) is 0 Å². The van der Waals surface area contributed by atoms with Gasteiger partial charge < -0.3 is 11.5 Å². The van der Waals surface area contributed by atoms with Crippen LogP contribution in [-0.4, -0.2) is 0 Å². The molecule has 2 nitrogen and oxygen atoms in total. The predicted octanol–water partition coefficient (Wildman–Crippen LogP) is 10.6. The van der Waals surface area contributed by atoms with Crippen molar-refractivity contribution < 1.29 is 0 Å². The molecule has 0 unspecified atom stereocenters. The molecule has 0 spiro atoms. The fourth-order valence-corrected chi connectivity index (χ4v) is 5.80. The van der Waals surface area contributed by atoms with Gasteiger partial charge in [0.2, 0.25) is 0 Å². The first-order valence-corrected chi connectivity index (χ1v) is 14.6. The third-order valence-corrected chi connectivity index (χ3v) is 8.09. The lowest BCUT2D eigenvalue weighted by atomic mass is 9.81. The molecule has 212 valence electrons. The highest BCUT2D eigenvalue weighted by Crippen LogP contribution is 2.45. The lowest BCUT2D eigenvalue weighted by Crippen LogP contribution is -2.02. The van der Waals surface area contributed by atoms with Crippen molar-refractivity contribution in [2.75, 3.05) is 0 Å². The Labute approximate surface area is 255 Å². The van der Waals surface area contributed by atoms with Crippen molar-refractivity contribution in [2.24, 2.45) is 11.5 Å². The van der Waals surface area contributed by atoms with Crippen molar-refractivity contribution in [3.05, 3.63) is 162 Å². The Kier molecular flexibility index (Phi) is 8.59. The van der Waals surface area contributed by atoms with Crippen LogP contribution in [0.1, 0.15) is 36.1 Å². The van der Waals surface area contributed by atoms with Gasteiger partial charge in [-0.2, -0.15) is 0 Å². The first-order valence-electron chi connectivity index (χ1n) is 14.6. The SMILES string of the molecule is C=Cc1c(C=C)c(-c2cccc(/C(N)=C/C=C(C)/C(N)=C/C=C\C)c2C)c2ccccc2c1-c1ccc2ccccc2c1. The van der Waals surface area contributed by atoms with Crippen LogP contribution in [0.15, 0.2) is 140 Å². The second kappa shape index (κ2) is 12.7. The monoisotopic (exact) mass is 558 g/mol. The number of hydrogen-bond acceptors (Lipinski definition) is 2. The molecule has 5 aromatic rings. The minimum atomic E-state index is 0.679. The number of rotatable bonds is 8. The molecular weight excluding hydrogens is 520 g/mol. The Balaban J connectivity index is 1.74. The van der Waals surface area contributed by atoms with Crippen LogP contribution < -0.4 is 11.5 Å². The Hall–Kier alpha value is -5.34. The minimum absolute atomic E-state index is 0.679. The molecule has 0 bridgehead atoms. The minimum Gasteiger partial charge on any atom is -0.399 e. The standard InChI is InChI=1S/C41H38N2/c1-6-9-21-38(42)27(4)22-25-39(43)34-19-14-20-35(28(34)5)41-33(8-3)32(7-2)40(36-17-12-13-18-37(36)41)31-24-23-29-15-10-11-16-30(29)26-31/h6-26H,2-3,42-43H2,1,4-5H3/b9-6-,27-22+,38-21-,39-25-. The molecule has 0 fully saturated rings. The van der Waals surface area contributed by atoms with Gasteiger partial charge in [0, 0.05) is 17.0 Å². The largest absolute Gasteiger partial charge is 0.399 e. The first kappa shape index (κ1) is 29.2. The number of benzene rings is 5. The smallest absolute Gasteiger partial charge is 0.0390 e. The van der Waals surface area contributed by atoms with E-state index in [2.05, 4.69) is 105 Å². The summed E-state index contributed by atoms with van der Waals surface area (Å²) < 4.78 is 0. The highest BCUT2D eigenvalue weighted by molar-refractivity contribution is 6.12. The number of nitrogens with two attached hydrogens (primary N) is 2. The molecule has 0 aliphatic heterocycles. The van der Waals surface area contributed by atoms with Crippen molar-refractivity contribution >= 4 is 39.4 Å². The summed E-state index contributed by atoms with van der Waals surface area (Å²) in [7, 11) is 0. The van der Waals surface area contributed by atoms with Crippen LogP contribution >= 0.6 is 0 Å². The molecule has 4 N–H and O–H groups in total. The van der Waals surface area contributed by atoms with Crippen molar-refractivity contribution in [3.8, 4) is 22.3 Å². The van der Waals surface area contributed by atoms with Crippen LogP contribution in [0.2, 0.25) is 0 Å². The van der Waals surface area contributed by atoms with Gasteiger partial charge in [-0.15, -0.1) is 0 Å². The normalized spacial score (nSPS) is 12.8. The van der Waals surface area contributed by atoms with E-state index in [4.69, 9.17) is 11.5 Å². The molecule has 5 rings (SSSR count). The zero-order valence-corrected chi connectivity index (χ0v) is 25.2. The average molecular weight is 559 g/mol. The number of allylic oxidation sites excluding steroid dienone is 6. The summed E-state index contributed by atoms with van der Waals surface area (Å²) in [5.74, 6) is 0. The fraction of sp³-hybridized carbons (Fsp3) is 0.0732. The Bertz CT molecular complexity index is 2000. The maximum atomic E-state index is 6.68. The van der Waals surface area contributed by atoms with Gasteiger partial charge in [0.15, 0.2) is 0 Å². The summed E-state index contributed by atoms with van der Waals surface area (Å²) >= 11 is 0. The quantitative estimate of drug-likeness (QED) is 0.186. The summed E-state index contributed by atoms with van der Waals surface area (Å²) in [5.41, 5.74) is 24.0. The topological polar surface area (TPSA) is 52.0 Å². The first-order chi connectivity index (χ1) is 20.9. The Morgan fingerprint density at radius 3 is 2.05 bits per heavy atom. The van der Waals surface area contributed by atoms with E-state index < -0.39 is 0 Å². The van der Waals surface area contributed by atoms with Gasteiger partial charge in [-0.3, -0.25) is 0 Å². The van der Waals surface area contributed by atoms with Gasteiger partial charge in [-0.05, 0) is 105 Å². The molecule has 0 aromatic heterocycles. The van der Waals surface area contributed by atoms with Gasteiger partial charge in [-0.1, -0.05) is 122 Å². The number of hydrogen-bond donors (Lipinski definition) is 2. The third kappa shape index (κ3) is 5.60. The van der Waals surface area contributed by atoms with E-state index in [1.807, 2.05) is 56.4 Å². The van der Waals surface area contributed by atoms with Crippen LogP contribution in [0.25, 0.3) is 61.6 Å². The lowest BCUT2D eigenvalue weighted by molar-refractivity contribution is 1.29. The molecule has 43 heavy (non-hydrogen) atoms. The van der Waals surface area contributed by atoms with Gasteiger partial charge in [0.25, 0.3) is 0 Å². The molecule has 0 heterocycles. The zero-order chi connectivity index (χ0) is 30.5. The lowest BCUT2D eigenvalue weighted by Gasteiger charge is -2.22.